The van der Waals surface area contributed by atoms with Crippen LogP contribution in [-0.4, -0.2) is 17.2 Å². The molecule has 0 heterocycles. The molecule has 4 heteroatoms. The molecule has 6 aromatic rings. The summed E-state index contributed by atoms with van der Waals surface area (Å²) < 4.78 is 0. The molecule has 6 aromatic carbocycles. The highest BCUT2D eigenvalue weighted by Crippen LogP contribution is 2.41. The smallest absolute Gasteiger partial charge is 0.423 e. The van der Waals surface area contributed by atoms with Crippen LogP contribution in [0.4, 0.5) is 17.1 Å². The lowest BCUT2D eigenvalue weighted by Gasteiger charge is -2.28. The third-order valence-corrected chi connectivity index (χ3v) is 6.89. The molecule has 0 bridgehead atoms. The Balaban J connectivity index is 1.49. The zero-order chi connectivity index (χ0) is 25.9. The average Bonchev–Trinajstić information content (AvgIpc) is 2.98. The van der Waals surface area contributed by atoms with Crippen molar-refractivity contribution < 1.29 is 10.0 Å². The Hall–Kier alpha value is -4.64. The molecular formula is C34H26BNO2. The van der Waals surface area contributed by atoms with Gasteiger partial charge in [0.25, 0.3) is 0 Å². The first-order chi connectivity index (χ1) is 18.7. The number of hydrogen-bond donors (Lipinski definition) is 2. The summed E-state index contributed by atoms with van der Waals surface area (Å²) in [6.07, 6.45) is 0. The molecule has 0 saturated heterocycles. The molecule has 0 unspecified atom stereocenters. The van der Waals surface area contributed by atoms with Gasteiger partial charge in [-0.25, -0.2) is 0 Å². The number of benzene rings is 6. The van der Waals surface area contributed by atoms with Gasteiger partial charge in [0.1, 0.15) is 0 Å². The lowest BCUT2D eigenvalue weighted by molar-refractivity contribution is 0.426. The van der Waals surface area contributed by atoms with Gasteiger partial charge in [-0.3, -0.25) is 0 Å². The highest BCUT2D eigenvalue weighted by molar-refractivity contribution is 6.58. The summed E-state index contributed by atoms with van der Waals surface area (Å²) in [6, 6.07) is 49.6. The fourth-order valence-corrected chi connectivity index (χ4v) is 4.93. The molecule has 38 heavy (non-hydrogen) atoms. The Bertz CT molecular complexity index is 1680. The van der Waals surface area contributed by atoms with Gasteiger partial charge in [-0.2, -0.15) is 0 Å². The number of fused-ring (bicyclic) bond motifs is 1. The molecular weight excluding hydrogens is 465 g/mol. The summed E-state index contributed by atoms with van der Waals surface area (Å²) >= 11 is 0. The van der Waals surface area contributed by atoms with Crippen LogP contribution in [0.2, 0.25) is 0 Å². The van der Waals surface area contributed by atoms with E-state index in [1.54, 1.807) is 12.1 Å². The van der Waals surface area contributed by atoms with E-state index < -0.39 is 7.12 Å². The highest BCUT2D eigenvalue weighted by Gasteiger charge is 2.18. The van der Waals surface area contributed by atoms with Crippen molar-refractivity contribution in [1.29, 1.82) is 0 Å². The van der Waals surface area contributed by atoms with Crippen LogP contribution in [0.1, 0.15) is 0 Å². The van der Waals surface area contributed by atoms with Crippen molar-refractivity contribution in [2.24, 2.45) is 0 Å². The SMILES string of the molecule is OB(O)c1ccc(N(c2ccc(-c3ccccc3)cc2)c2ccccc2-c2ccc3ccccc3c2)cc1. The summed E-state index contributed by atoms with van der Waals surface area (Å²) in [5, 5.41) is 21.7. The molecule has 0 aliphatic rings. The van der Waals surface area contributed by atoms with Crippen LogP contribution in [0.15, 0.2) is 146 Å². The normalized spacial score (nSPS) is 10.9. The third-order valence-electron chi connectivity index (χ3n) is 6.89. The molecule has 0 spiro atoms. The van der Waals surface area contributed by atoms with Crippen LogP contribution in [0, 0.1) is 0 Å². The van der Waals surface area contributed by atoms with Gasteiger partial charge < -0.3 is 14.9 Å². The van der Waals surface area contributed by atoms with Gasteiger partial charge in [-0.15, -0.1) is 0 Å². The molecule has 0 atom stereocenters. The number of nitrogens with zero attached hydrogens (tertiary/aromatic N) is 1. The minimum absolute atomic E-state index is 0.455. The average molecular weight is 491 g/mol. The second kappa shape index (κ2) is 10.4. The Morgan fingerprint density at radius 2 is 1.00 bits per heavy atom. The molecule has 182 valence electrons. The lowest BCUT2D eigenvalue weighted by atomic mass is 9.80. The van der Waals surface area contributed by atoms with E-state index in [1.807, 2.05) is 30.3 Å². The van der Waals surface area contributed by atoms with E-state index in [0.29, 0.717) is 5.46 Å². The third kappa shape index (κ3) is 4.71. The summed E-state index contributed by atoms with van der Waals surface area (Å²) in [4.78, 5) is 2.22. The van der Waals surface area contributed by atoms with Crippen LogP contribution in [0.25, 0.3) is 33.0 Å². The van der Waals surface area contributed by atoms with Gasteiger partial charge in [0.15, 0.2) is 0 Å². The van der Waals surface area contributed by atoms with Gasteiger partial charge in [0.05, 0.1) is 5.69 Å². The van der Waals surface area contributed by atoms with Gasteiger partial charge >= 0.3 is 7.12 Å². The first kappa shape index (κ1) is 23.7. The molecule has 0 saturated carbocycles. The van der Waals surface area contributed by atoms with E-state index in [0.717, 1.165) is 33.8 Å². The second-order valence-corrected chi connectivity index (χ2v) is 9.29. The van der Waals surface area contributed by atoms with Gasteiger partial charge in [-0.05, 0) is 69.3 Å². The molecule has 2 N–H and O–H groups in total. The van der Waals surface area contributed by atoms with Crippen molar-refractivity contribution >= 4 is 40.4 Å². The second-order valence-electron chi connectivity index (χ2n) is 9.29. The summed E-state index contributed by atoms with van der Waals surface area (Å²) in [5.74, 6) is 0. The molecule has 0 aliphatic carbocycles. The van der Waals surface area contributed by atoms with Crippen molar-refractivity contribution in [2.75, 3.05) is 4.90 Å². The fraction of sp³-hybridized carbons (Fsp3) is 0. The highest BCUT2D eigenvalue weighted by atomic mass is 16.4. The predicted molar refractivity (Wildman–Crippen MR) is 159 cm³/mol. The Morgan fingerprint density at radius 1 is 0.447 bits per heavy atom. The van der Waals surface area contributed by atoms with E-state index >= 15 is 0 Å². The van der Waals surface area contributed by atoms with Crippen LogP contribution >= 0.6 is 0 Å². The topological polar surface area (TPSA) is 43.7 Å². The van der Waals surface area contributed by atoms with Crippen LogP contribution in [-0.2, 0) is 0 Å². The Morgan fingerprint density at radius 3 is 1.71 bits per heavy atom. The minimum atomic E-state index is -1.51. The minimum Gasteiger partial charge on any atom is -0.423 e. The zero-order valence-electron chi connectivity index (χ0n) is 20.8. The number of hydrogen-bond acceptors (Lipinski definition) is 3. The number of para-hydroxylation sites is 1. The molecule has 0 fully saturated rings. The van der Waals surface area contributed by atoms with Crippen molar-refractivity contribution in [3.63, 3.8) is 0 Å². The van der Waals surface area contributed by atoms with Crippen LogP contribution < -0.4 is 10.4 Å². The first-order valence-corrected chi connectivity index (χ1v) is 12.7. The maximum absolute atomic E-state index is 9.65. The number of anilines is 3. The lowest BCUT2D eigenvalue weighted by Crippen LogP contribution is -2.29. The van der Waals surface area contributed by atoms with Crippen molar-refractivity contribution in [3.05, 3.63) is 146 Å². The molecule has 3 nitrogen and oxygen atoms in total. The van der Waals surface area contributed by atoms with Gasteiger partial charge in [0.2, 0.25) is 0 Å². The molecule has 0 aromatic heterocycles. The standard InChI is InChI=1S/C34H26BNO2/c37-35(38)30-18-22-32(23-19-30)36(31-20-16-27(17-21-31)25-8-2-1-3-9-25)34-13-7-6-12-33(34)29-15-14-26-10-4-5-11-28(26)24-29/h1-24,37-38H. The molecule has 6 rings (SSSR count). The maximum Gasteiger partial charge on any atom is 0.488 e. The van der Waals surface area contributed by atoms with Crippen LogP contribution in [0.5, 0.6) is 0 Å². The van der Waals surface area contributed by atoms with E-state index in [9.17, 15) is 10.0 Å². The summed E-state index contributed by atoms with van der Waals surface area (Å²) in [5.41, 5.74) is 7.98. The largest absolute Gasteiger partial charge is 0.488 e. The molecule has 0 radical (unpaired) electrons. The zero-order valence-corrected chi connectivity index (χ0v) is 20.8. The first-order valence-electron chi connectivity index (χ1n) is 12.7. The van der Waals surface area contributed by atoms with Crippen LogP contribution in [0.3, 0.4) is 0 Å². The quantitative estimate of drug-likeness (QED) is 0.240. The Labute approximate surface area is 223 Å². The summed E-state index contributed by atoms with van der Waals surface area (Å²) in [7, 11) is -1.51. The Kier molecular flexibility index (Phi) is 6.49. The predicted octanol–water partition coefficient (Wildman–Crippen LogP) is 7.32. The van der Waals surface area contributed by atoms with Crippen molar-refractivity contribution in [1.82, 2.24) is 0 Å². The van der Waals surface area contributed by atoms with Gasteiger partial charge in [0, 0.05) is 16.9 Å². The summed E-state index contributed by atoms with van der Waals surface area (Å²) in [6.45, 7) is 0. The van der Waals surface area contributed by atoms with E-state index in [2.05, 4.69) is 108 Å². The fourth-order valence-electron chi connectivity index (χ4n) is 4.93. The number of rotatable bonds is 6. The van der Waals surface area contributed by atoms with E-state index in [1.165, 1.54) is 16.3 Å². The van der Waals surface area contributed by atoms with Crippen molar-refractivity contribution in [3.8, 4) is 22.3 Å². The molecule has 0 amide bonds. The van der Waals surface area contributed by atoms with Gasteiger partial charge in [-0.1, -0.05) is 109 Å². The van der Waals surface area contributed by atoms with Crippen molar-refractivity contribution in [2.45, 2.75) is 0 Å². The van der Waals surface area contributed by atoms with E-state index in [4.69, 9.17) is 0 Å². The monoisotopic (exact) mass is 491 g/mol. The van der Waals surface area contributed by atoms with E-state index in [-0.39, 0.29) is 0 Å². The maximum atomic E-state index is 9.65. The molecule has 0 aliphatic heterocycles.